The smallest absolute Gasteiger partial charge is 0.148 e. The van der Waals surface area contributed by atoms with Crippen LogP contribution in [-0.4, -0.2) is 4.98 Å². The summed E-state index contributed by atoms with van der Waals surface area (Å²) < 4.78 is 2.03. The van der Waals surface area contributed by atoms with Crippen molar-refractivity contribution in [2.75, 3.05) is 0 Å². The second kappa shape index (κ2) is 2.97. The fourth-order valence-corrected chi connectivity index (χ4v) is 2.74. The monoisotopic (exact) mass is 217 g/mol. The Balaban J connectivity index is 2.51. The molecule has 0 saturated heterocycles. The lowest BCUT2D eigenvalue weighted by Crippen LogP contribution is -1.72. The first-order chi connectivity index (χ1) is 6.83. The minimum Gasteiger partial charge on any atom is -0.230 e. The van der Waals surface area contributed by atoms with E-state index in [0.717, 1.165) is 9.86 Å². The molecule has 3 heteroatoms. The molecule has 0 saturated carbocycles. The maximum absolute atomic E-state index is 4.35. The zero-order chi connectivity index (χ0) is 9.54. The zero-order valence-electron chi connectivity index (χ0n) is 7.27. The molecule has 0 unspecified atom stereocenters. The summed E-state index contributed by atoms with van der Waals surface area (Å²) in [6.07, 6.45) is 0. The van der Waals surface area contributed by atoms with Gasteiger partial charge in [0.2, 0.25) is 0 Å². The molecule has 0 aliphatic carbocycles. The van der Waals surface area contributed by atoms with Crippen LogP contribution in [-0.2, 0) is 0 Å². The normalized spacial score (nSPS) is 11.2. The quantitative estimate of drug-likeness (QED) is 0.566. The maximum atomic E-state index is 4.35. The van der Waals surface area contributed by atoms with Crippen LogP contribution in [0, 0.1) is 0 Å². The maximum Gasteiger partial charge on any atom is 0.148 e. The molecule has 0 aliphatic rings. The van der Waals surface area contributed by atoms with E-state index in [0.29, 0.717) is 0 Å². The Labute approximate surface area is 90.8 Å². The lowest BCUT2D eigenvalue weighted by Gasteiger charge is -1.95. The van der Waals surface area contributed by atoms with Crippen LogP contribution in [0.5, 0.6) is 0 Å². The second-order valence-corrected chi connectivity index (χ2v) is 4.92. The summed E-state index contributed by atoms with van der Waals surface area (Å²) in [4.78, 5) is 4.35. The SMILES string of the molecule is Sc1nc2cc3ccccc3cc2s1. The minimum atomic E-state index is 0.829. The van der Waals surface area contributed by atoms with Crippen molar-refractivity contribution in [1.82, 2.24) is 4.98 Å². The van der Waals surface area contributed by atoms with E-state index < -0.39 is 0 Å². The zero-order valence-corrected chi connectivity index (χ0v) is 8.98. The number of hydrogen-bond donors (Lipinski definition) is 1. The number of benzene rings is 2. The minimum absolute atomic E-state index is 0.829. The summed E-state index contributed by atoms with van der Waals surface area (Å²) in [7, 11) is 0. The fourth-order valence-electron chi connectivity index (χ4n) is 1.60. The van der Waals surface area contributed by atoms with Crippen molar-refractivity contribution in [3.63, 3.8) is 0 Å². The second-order valence-electron chi connectivity index (χ2n) is 3.16. The van der Waals surface area contributed by atoms with Crippen LogP contribution < -0.4 is 0 Å². The number of thiol groups is 1. The van der Waals surface area contributed by atoms with E-state index >= 15 is 0 Å². The average Bonchev–Trinajstić information content (AvgIpc) is 2.53. The molecule has 2 aromatic carbocycles. The predicted molar refractivity (Wildman–Crippen MR) is 64.4 cm³/mol. The molecule has 0 bridgehead atoms. The van der Waals surface area contributed by atoms with Gasteiger partial charge in [-0.25, -0.2) is 4.98 Å². The number of rotatable bonds is 0. The lowest BCUT2D eigenvalue weighted by atomic mass is 10.1. The number of nitrogens with zero attached hydrogens (tertiary/aromatic N) is 1. The number of hydrogen-bond acceptors (Lipinski definition) is 3. The molecule has 0 radical (unpaired) electrons. The van der Waals surface area contributed by atoms with E-state index in [4.69, 9.17) is 0 Å². The molecule has 0 atom stereocenters. The van der Waals surface area contributed by atoms with Crippen LogP contribution in [0.4, 0.5) is 0 Å². The topological polar surface area (TPSA) is 12.9 Å². The molecule has 1 nitrogen and oxygen atoms in total. The molecule has 1 aromatic heterocycles. The summed E-state index contributed by atoms with van der Waals surface area (Å²) in [5.41, 5.74) is 1.04. The third-order valence-corrected chi connectivity index (χ3v) is 3.44. The van der Waals surface area contributed by atoms with Crippen molar-refractivity contribution < 1.29 is 0 Å². The van der Waals surface area contributed by atoms with E-state index in [1.165, 1.54) is 15.5 Å². The van der Waals surface area contributed by atoms with Crippen LogP contribution in [0.1, 0.15) is 0 Å². The molecule has 0 aliphatic heterocycles. The van der Waals surface area contributed by atoms with E-state index in [1.54, 1.807) is 11.3 Å². The Bertz CT molecular complexity index is 560. The molecule has 68 valence electrons. The Kier molecular flexibility index (Phi) is 1.75. The first-order valence-corrected chi connectivity index (χ1v) is 5.57. The van der Waals surface area contributed by atoms with Gasteiger partial charge in [-0.15, -0.1) is 24.0 Å². The van der Waals surface area contributed by atoms with Gasteiger partial charge in [0, 0.05) is 0 Å². The molecule has 3 aromatic rings. The van der Waals surface area contributed by atoms with E-state index in [-0.39, 0.29) is 0 Å². The van der Waals surface area contributed by atoms with Crippen molar-refractivity contribution in [2.24, 2.45) is 0 Å². The van der Waals surface area contributed by atoms with Crippen molar-refractivity contribution in [1.29, 1.82) is 0 Å². The van der Waals surface area contributed by atoms with E-state index in [1.807, 2.05) is 6.07 Å². The van der Waals surface area contributed by atoms with Crippen molar-refractivity contribution in [2.45, 2.75) is 4.34 Å². The van der Waals surface area contributed by atoms with Crippen molar-refractivity contribution in [3.8, 4) is 0 Å². The van der Waals surface area contributed by atoms with Gasteiger partial charge in [0.1, 0.15) is 4.34 Å². The van der Waals surface area contributed by atoms with Gasteiger partial charge in [0.25, 0.3) is 0 Å². The van der Waals surface area contributed by atoms with Crippen LogP contribution >= 0.6 is 24.0 Å². The Morgan fingerprint density at radius 3 is 2.57 bits per heavy atom. The summed E-state index contributed by atoms with van der Waals surface area (Å²) >= 11 is 5.88. The third-order valence-electron chi connectivity index (χ3n) is 2.24. The van der Waals surface area contributed by atoms with Gasteiger partial charge in [-0.3, -0.25) is 0 Å². The van der Waals surface area contributed by atoms with E-state index in [2.05, 4.69) is 47.9 Å². The molecule has 0 spiro atoms. The van der Waals surface area contributed by atoms with Gasteiger partial charge >= 0.3 is 0 Å². The fraction of sp³-hybridized carbons (Fsp3) is 0. The molecular formula is C11H7NS2. The highest BCUT2D eigenvalue weighted by molar-refractivity contribution is 7.82. The highest BCUT2D eigenvalue weighted by Gasteiger charge is 2.01. The molecule has 14 heavy (non-hydrogen) atoms. The molecule has 1 heterocycles. The van der Waals surface area contributed by atoms with Crippen molar-refractivity contribution in [3.05, 3.63) is 36.4 Å². The first-order valence-electron chi connectivity index (χ1n) is 4.31. The van der Waals surface area contributed by atoms with Gasteiger partial charge in [-0.2, -0.15) is 0 Å². The number of aromatic nitrogens is 1. The van der Waals surface area contributed by atoms with Crippen molar-refractivity contribution >= 4 is 45.0 Å². The van der Waals surface area contributed by atoms with Gasteiger partial charge in [0.05, 0.1) is 10.2 Å². The standard InChI is InChI=1S/C11H7NS2/c13-11-12-9-5-7-3-1-2-4-8(7)6-10(9)14-11/h1-6H,(H,12,13). The Morgan fingerprint density at radius 1 is 1.07 bits per heavy atom. The predicted octanol–water partition coefficient (Wildman–Crippen LogP) is 3.74. The van der Waals surface area contributed by atoms with Crippen LogP contribution in [0.2, 0.25) is 0 Å². The summed E-state index contributed by atoms with van der Waals surface area (Å²) in [5.74, 6) is 0. The molecule has 0 fully saturated rings. The van der Waals surface area contributed by atoms with Gasteiger partial charge in [-0.1, -0.05) is 24.3 Å². The first kappa shape index (κ1) is 8.26. The van der Waals surface area contributed by atoms with Crippen LogP contribution in [0.15, 0.2) is 40.7 Å². The summed E-state index contributed by atoms with van der Waals surface area (Å²) in [5, 5.41) is 2.50. The summed E-state index contributed by atoms with van der Waals surface area (Å²) in [6, 6.07) is 12.6. The number of fused-ring (bicyclic) bond motifs is 2. The largest absolute Gasteiger partial charge is 0.230 e. The molecular weight excluding hydrogens is 210 g/mol. The Hall–Kier alpha value is -1.06. The summed E-state index contributed by atoms with van der Waals surface area (Å²) in [6.45, 7) is 0. The van der Waals surface area contributed by atoms with Gasteiger partial charge in [-0.05, 0) is 22.9 Å². The third kappa shape index (κ3) is 1.21. The molecule has 0 N–H and O–H groups in total. The average molecular weight is 217 g/mol. The highest BCUT2D eigenvalue weighted by Crippen LogP contribution is 2.28. The van der Waals surface area contributed by atoms with Gasteiger partial charge in [0.15, 0.2) is 0 Å². The van der Waals surface area contributed by atoms with E-state index in [9.17, 15) is 0 Å². The molecule has 3 rings (SSSR count). The van der Waals surface area contributed by atoms with Crippen LogP contribution in [0.25, 0.3) is 21.0 Å². The van der Waals surface area contributed by atoms with Crippen LogP contribution in [0.3, 0.4) is 0 Å². The Morgan fingerprint density at radius 2 is 1.79 bits per heavy atom. The van der Waals surface area contributed by atoms with Gasteiger partial charge < -0.3 is 0 Å². The molecule has 0 amide bonds. The highest BCUT2D eigenvalue weighted by atomic mass is 32.2. The lowest BCUT2D eigenvalue weighted by molar-refractivity contribution is 1.32. The number of thiazole rings is 1.